The molecule has 1 aromatic carbocycles. The van der Waals surface area contributed by atoms with E-state index in [1.807, 2.05) is 0 Å². The Morgan fingerprint density at radius 2 is 1.82 bits per heavy atom. The van der Waals surface area contributed by atoms with Gasteiger partial charge in [-0.3, -0.25) is 34.1 Å². The van der Waals surface area contributed by atoms with Crippen LogP contribution in [-0.2, 0) is 19.2 Å². The highest BCUT2D eigenvalue weighted by molar-refractivity contribution is 6.37. The van der Waals surface area contributed by atoms with Gasteiger partial charge in [-0.05, 0) is 18.3 Å². The zero-order valence-electron chi connectivity index (χ0n) is 17.4. The zero-order valence-corrected chi connectivity index (χ0v) is 18.1. The average molecular weight is 496 g/mol. The van der Waals surface area contributed by atoms with Crippen LogP contribution in [0.5, 0.6) is 5.75 Å². The standard InChI is InChI=1S/C20H18ClN3O10/c1-3-4-2-5-13(25)16(28)9(19(23)31)18(30)20(5,32)17(29)7(4)14(26)8-6(3)12(24(33)34)10(21)11(22)15(8)27/h3-5,7,9,13,25,27,32H,2,22H2,1H3,(H2,23,31)/t3-,4+,5-,7?,9?,13+,20-/m0/s1. The minimum absolute atomic E-state index is 0.302. The van der Waals surface area contributed by atoms with Crippen LogP contribution in [0, 0.1) is 33.8 Å². The second kappa shape index (κ2) is 7.29. The van der Waals surface area contributed by atoms with Crippen LogP contribution < -0.4 is 11.5 Å². The van der Waals surface area contributed by atoms with Crippen molar-refractivity contribution in [3.8, 4) is 5.75 Å². The number of aromatic hydroxyl groups is 1. The number of nitrogen functional groups attached to an aromatic ring is 1. The van der Waals surface area contributed by atoms with Crippen LogP contribution in [0.15, 0.2) is 0 Å². The number of nitro benzene ring substituents is 1. The van der Waals surface area contributed by atoms with Crippen molar-refractivity contribution in [3.63, 3.8) is 0 Å². The summed E-state index contributed by atoms with van der Waals surface area (Å²) in [6, 6.07) is 0. The third kappa shape index (κ3) is 2.65. The van der Waals surface area contributed by atoms with E-state index in [9.17, 15) is 49.4 Å². The number of aliphatic hydroxyl groups excluding tert-OH is 1. The van der Waals surface area contributed by atoms with Crippen molar-refractivity contribution < 1.29 is 44.2 Å². The molecular weight excluding hydrogens is 478 g/mol. The van der Waals surface area contributed by atoms with Gasteiger partial charge in [0.2, 0.25) is 5.91 Å². The molecule has 2 fully saturated rings. The second-order valence-corrected chi connectivity index (χ2v) is 9.16. The lowest BCUT2D eigenvalue weighted by Gasteiger charge is -2.51. The Labute approximate surface area is 194 Å². The Balaban J connectivity index is 1.96. The monoisotopic (exact) mass is 495 g/mol. The van der Waals surface area contributed by atoms with Gasteiger partial charge in [0.05, 0.1) is 16.4 Å². The number of nitrogens with zero attached hydrogens (tertiary/aromatic N) is 1. The summed E-state index contributed by atoms with van der Waals surface area (Å²) >= 11 is 5.97. The Hall–Kier alpha value is -3.42. The van der Waals surface area contributed by atoms with Gasteiger partial charge < -0.3 is 26.8 Å². The van der Waals surface area contributed by atoms with Gasteiger partial charge in [-0.25, -0.2) is 0 Å². The lowest BCUT2D eigenvalue weighted by Crippen LogP contribution is -2.72. The summed E-state index contributed by atoms with van der Waals surface area (Å²) < 4.78 is 0. The van der Waals surface area contributed by atoms with Gasteiger partial charge in [0.15, 0.2) is 40.4 Å². The fourth-order valence-corrected chi connectivity index (χ4v) is 5.90. The Bertz CT molecular complexity index is 1250. The molecule has 14 heteroatoms. The van der Waals surface area contributed by atoms with Crippen LogP contribution in [0.2, 0.25) is 5.02 Å². The number of halogens is 1. The number of phenolic OH excluding ortho intramolecular Hbond substituents is 1. The van der Waals surface area contributed by atoms with Gasteiger partial charge >= 0.3 is 0 Å². The number of benzene rings is 1. The fourth-order valence-electron chi connectivity index (χ4n) is 5.64. The molecule has 1 amide bonds. The normalized spacial score (nSPS) is 34.8. The number of rotatable bonds is 2. The molecule has 34 heavy (non-hydrogen) atoms. The van der Waals surface area contributed by atoms with E-state index in [1.54, 1.807) is 0 Å². The molecule has 0 spiro atoms. The van der Waals surface area contributed by atoms with Crippen molar-refractivity contribution in [2.75, 3.05) is 5.73 Å². The van der Waals surface area contributed by atoms with Crippen LogP contribution in [0.25, 0.3) is 0 Å². The number of Topliss-reactive ketones (excluding diaryl/α,β-unsaturated/α-hetero) is 4. The number of nitrogens with two attached hydrogens (primary N) is 2. The van der Waals surface area contributed by atoms with Crippen LogP contribution in [0.3, 0.4) is 0 Å². The van der Waals surface area contributed by atoms with Crippen molar-refractivity contribution in [1.29, 1.82) is 0 Å². The smallest absolute Gasteiger partial charge is 0.294 e. The van der Waals surface area contributed by atoms with E-state index in [1.165, 1.54) is 6.92 Å². The molecule has 4 rings (SSSR count). The first-order chi connectivity index (χ1) is 15.7. The number of primary amides is 1. The molecule has 3 aliphatic carbocycles. The number of anilines is 1. The maximum Gasteiger partial charge on any atom is 0.294 e. The molecule has 0 bridgehead atoms. The van der Waals surface area contributed by atoms with Crippen molar-refractivity contribution >= 4 is 52.0 Å². The van der Waals surface area contributed by atoms with Crippen molar-refractivity contribution in [1.82, 2.24) is 0 Å². The Kier molecular flexibility index (Phi) is 5.09. The van der Waals surface area contributed by atoms with Crippen molar-refractivity contribution in [2.45, 2.75) is 31.0 Å². The number of carbonyl (C=O) groups excluding carboxylic acids is 5. The Morgan fingerprint density at radius 1 is 1.24 bits per heavy atom. The molecule has 0 saturated heterocycles. The minimum atomic E-state index is -3.10. The predicted octanol–water partition coefficient (Wildman–Crippen LogP) is -0.997. The number of hydrogen-bond donors (Lipinski definition) is 5. The third-order valence-electron chi connectivity index (χ3n) is 7.30. The van der Waals surface area contributed by atoms with E-state index in [0.717, 1.165) is 0 Å². The molecule has 3 aliphatic rings. The maximum absolute atomic E-state index is 13.5. The first kappa shape index (κ1) is 23.7. The first-order valence-corrected chi connectivity index (χ1v) is 10.4. The maximum atomic E-state index is 13.5. The topological polar surface area (TPSA) is 241 Å². The van der Waals surface area contributed by atoms with Gasteiger partial charge in [-0.15, -0.1) is 0 Å². The SMILES string of the molecule is C[C@@H]1c2c(c(O)c(N)c(Cl)c2[N+](=O)[O-])C(=O)C2C(=O)[C@]3(O)C(=O)C(C(N)=O)C(=O)[C@H](O)[C@@H]3C[C@@H]21. The fraction of sp³-hybridized carbons (Fsp3) is 0.450. The molecule has 0 aromatic heterocycles. The van der Waals surface area contributed by atoms with Gasteiger partial charge in [0.25, 0.3) is 5.69 Å². The third-order valence-corrected chi connectivity index (χ3v) is 7.68. The highest BCUT2D eigenvalue weighted by Crippen LogP contribution is 2.57. The number of carbonyl (C=O) groups is 5. The van der Waals surface area contributed by atoms with E-state index in [2.05, 4.69) is 0 Å². The summed E-state index contributed by atoms with van der Waals surface area (Å²) in [5.74, 6) is -15.8. The highest BCUT2D eigenvalue weighted by Gasteiger charge is 2.70. The molecule has 7 atom stereocenters. The number of amides is 1. The zero-order chi connectivity index (χ0) is 25.6. The summed E-state index contributed by atoms with van der Waals surface area (Å²) in [5, 5.41) is 43.3. The molecule has 1 aromatic rings. The van der Waals surface area contributed by atoms with Crippen LogP contribution in [0.1, 0.15) is 35.2 Å². The van der Waals surface area contributed by atoms with Gasteiger partial charge in [0.1, 0.15) is 16.8 Å². The van der Waals surface area contributed by atoms with Crippen LogP contribution >= 0.6 is 11.6 Å². The number of nitro groups is 1. The molecule has 0 heterocycles. The van der Waals surface area contributed by atoms with Crippen molar-refractivity contribution in [2.24, 2.45) is 29.4 Å². The molecule has 2 saturated carbocycles. The average Bonchev–Trinajstić information content (AvgIpc) is 2.75. The van der Waals surface area contributed by atoms with E-state index < -0.39 is 109 Å². The minimum Gasteiger partial charge on any atom is -0.505 e. The highest BCUT2D eigenvalue weighted by atomic mass is 35.5. The number of hydrogen-bond acceptors (Lipinski definition) is 11. The summed E-state index contributed by atoms with van der Waals surface area (Å²) in [4.78, 5) is 74.7. The predicted molar refractivity (Wildman–Crippen MR) is 111 cm³/mol. The van der Waals surface area contributed by atoms with E-state index in [0.29, 0.717) is 0 Å². The second-order valence-electron chi connectivity index (χ2n) is 8.78. The van der Waals surface area contributed by atoms with E-state index in [4.69, 9.17) is 23.1 Å². The molecule has 0 radical (unpaired) electrons. The van der Waals surface area contributed by atoms with Gasteiger partial charge in [-0.1, -0.05) is 18.5 Å². The summed E-state index contributed by atoms with van der Waals surface area (Å²) in [7, 11) is 0. The molecule has 180 valence electrons. The van der Waals surface area contributed by atoms with Crippen molar-refractivity contribution in [3.05, 3.63) is 26.3 Å². The molecule has 2 unspecified atom stereocenters. The lowest BCUT2D eigenvalue weighted by atomic mass is 9.51. The van der Waals surface area contributed by atoms with Crippen LogP contribution in [-0.4, -0.2) is 61.0 Å². The largest absolute Gasteiger partial charge is 0.505 e. The van der Waals surface area contributed by atoms with Gasteiger partial charge in [0, 0.05) is 11.5 Å². The van der Waals surface area contributed by atoms with Crippen LogP contribution in [0.4, 0.5) is 11.4 Å². The molecule has 0 aliphatic heterocycles. The quantitative estimate of drug-likeness (QED) is 0.109. The summed E-state index contributed by atoms with van der Waals surface area (Å²) in [5.41, 5.74) is 5.24. The molecule has 13 nitrogen and oxygen atoms in total. The molecule has 7 N–H and O–H groups in total. The number of phenols is 1. The number of aliphatic hydroxyl groups is 2. The number of fused-ring (bicyclic) bond motifs is 3. The number of ketones is 4. The van der Waals surface area contributed by atoms with E-state index >= 15 is 0 Å². The summed E-state index contributed by atoms with van der Waals surface area (Å²) in [6.07, 6.45) is -2.62. The summed E-state index contributed by atoms with van der Waals surface area (Å²) in [6.45, 7) is 1.39. The molecular formula is C20H18ClN3O10. The Morgan fingerprint density at radius 3 is 2.35 bits per heavy atom. The lowest BCUT2D eigenvalue weighted by molar-refractivity contribution is -0.385. The van der Waals surface area contributed by atoms with E-state index in [-0.39, 0.29) is 5.56 Å². The first-order valence-electron chi connectivity index (χ1n) is 10.0. The van der Waals surface area contributed by atoms with Gasteiger partial charge in [-0.2, -0.15) is 0 Å².